The second-order valence-electron chi connectivity index (χ2n) is 3.13. The molecule has 0 fully saturated rings. The Balaban J connectivity index is 3.14. The summed E-state index contributed by atoms with van der Waals surface area (Å²) in [6.07, 6.45) is 0.305. The van der Waals surface area contributed by atoms with Crippen LogP contribution in [0.2, 0.25) is 15.1 Å². The highest BCUT2D eigenvalue weighted by atomic mass is 35.5. The van der Waals surface area contributed by atoms with Gasteiger partial charge in [-0.05, 0) is 18.6 Å². The highest BCUT2D eigenvalue weighted by Gasteiger charge is 2.15. The summed E-state index contributed by atoms with van der Waals surface area (Å²) in [5.74, 6) is -0.673. The minimum absolute atomic E-state index is 0.0804. The molecule has 0 spiro atoms. The fourth-order valence-corrected chi connectivity index (χ4v) is 2.11. The summed E-state index contributed by atoms with van der Waals surface area (Å²) in [5, 5.41) is 3.83. The predicted molar refractivity (Wildman–Crippen MR) is 65.3 cm³/mol. The summed E-state index contributed by atoms with van der Waals surface area (Å²) in [7, 11) is 1.43. The SMILES string of the molecule is CON=C(C)Cc1c(Cl)cc(Cl)c(F)c1Cl. The van der Waals surface area contributed by atoms with E-state index in [9.17, 15) is 4.39 Å². The normalized spacial score (nSPS) is 11.8. The van der Waals surface area contributed by atoms with Crippen molar-refractivity contribution < 1.29 is 9.23 Å². The van der Waals surface area contributed by atoms with Crippen LogP contribution in [-0.2, 0) is 11.3 Å². The van der Waals surface area contributed by atoms with Crippen molar-refractivity contribution >= 4 is 40.5 Å². The van der Waals surface area contributed by atoms with E-state index in [1.54, 1.807) is 6.92 Å². The third-order valence-electron chi connectivity index (χ3n) is 1.89. The van der Waals surface area contributed by atoms with Crippen molar-refractivity contribution in [2.24, 2.45) is 5.16 Å². The van der Waals surface area contributed by atoms with Gasteiger partial charge in [0.1, 0.15) is 7.11 Å². The Labute approximate surface area is 108 Å². The number of rotatable bonds is 3. The Morgan fingerprint density at radius 2 is 2.00 bits per heavy atom. The van der Waals surface area contributed by atoms with Crippen LogP contribution in [0, 0.1) is 5.82 Å². The number of hydrogen-bond donors (Lipinski definition) is 0. The van der Waals surface area contributed by atoms with Crippen LogP contribution in [0.5, 0.6) is 0 Å². The lowest BCUT2D eigenvalue weighted by atomic mass is 10.1. The predicted octanol–water partition coefficient (Wildman–Crippen LogP) is 4.35. The second kappa shape index (κ2) is 5.71. The molecule has 2 nitrogen and oxygen atoms in total. The lowest BCUT2D eigenvalue weighted by Crippen LogP contribution is -2.01. The quantitative estimate of drug-likeness (QED) is 0.350. The van der Waals surface area contributed by atoms with Gasteiger partial charge in [0.2, 0.25) is 0 Å². The number of benzene rings is 1. The maximum Gasteiger partial charge on any atom is 0.160 e. The Bertz CT molecular complexity index is 435. The molecular formula is C10H9Cl3FNO. The highest BCUT2D eigenvalue weighted by molar-refractivity contribution is 6.39. The van der Waals surface area contributed by atoms with Crippen molar-refractivity contribution in [1.82, 2.24) is 0 Å². The van der Waals surface area contributed by atoms with E-state index in [4.69, 9.17) is 34.8 Å². The van der Waals surface area contributed by atoms with E-state index in [0.717, 1.165) is 0 Å². The molecule has 6 heteroatoms. The van der Waals surface area contributed by atoms with Gasteiger partial charge in [-0.25, -0.2) is 4.39 Å². The first-order chi connectivity index (χ1) is 7.47. The van der Waals surface area contributed by atoms with Crippen molar-refractivity contribution in [1.29, 1.82) is 0 Å². The summed E-state index contributed by atoms with van der Waals surface area (Å²) < 4.78 is 13.4. The lowest BCUT2D eigenvalue weighted by molar-refractivity contribution is 0.212. The number of hydrogen-bond acceptors (Lipinski definition) is 2. The Morgan fingerprint density at radius 3 is 2.56 bits per heavy atom. The zero-order valence-electron chi connectivity index (χ0n) is 8.65. The molecule has 0 atom stereocenters. The van der Waals surface area contributed by atoms with Gasteiger partial charge in [0.05, 0.1) is 15.8 Å². The van der Waals surface area contributed by atoms with Gasteiger partial charge in [0, 0.05) is 11.4 Å². The zero-order valence-corrected chi connectivity index (χ0v) is 10.9. The van der Waals surface area contributed by atoms with Gasteiger partial charge >= 0.3 is 0 Å². The van der Waals surface area contributed by atoms with Crippen molar-refractivity contribution in [2.75, 3.05) is 7.11 Å². The van der Waals surface area contributed by atoms with E-state index >= 15 is 0 Å². The first-order valence-electron chi connectivity index (χ1n) is 4.35. The largest absolute Gasteiger partial charge is 0.399 e. The molecule has 0 saturated carbocycles. The van der Waals surface area contributed by atoms with Gasteiger partial charge in [-0.1, -0.05) is 40.0 Å². The van der Waals surface area contributed by atoms with Crippen molar-refractivity contribution in [2.45, 2.75) is 13.3 Å². The van der Waals surface area contributed by atoms with Gasteiger partial charge in [-0.2, -0.15) is 0 Å². The molecular weight excluding hydrogens is 275 g/mol. The number of halogens is 4. The molecule has 1 aromatic carbocycles. The molecule has 0 heterocycles. The van der Waals surface area contributed by atoms with Gasteiger partial charge in [0.25, 0.3) is 0 Å². The van der Waals surface area contributed by atoms with Crippen LogP contribution < -0.4 is 0 Å². The average Bonchev–Trinajstić information content (AvgIpc) is 2.22. The third kappa shape index (κ3) is 3.00. The molecule has 1 aromatic rings. The molecule has 0 radical (unpaired) electrons. The van der Waals surface area contributed by atoms with Crippen LogP contribution in [0.3, 0.4) is 0 Å². The Morgan fingerprint density at radius 1 is 1.38 bits per heavy atom. The van der Waals surface area contributed by atoms with Crippen molar-refractivity contribution in [3.05, 3.63) is 32.5 Å². The maximum absolute atomic E-state index is 13.4. The first-order valence-corrected chi connectivity index (χ1v) is 5.49. The molecule has 0 amide bonds. The van der Waals surface area contributed by atoms with Crippen LogP contribution in [0.25, 0.3) is 0 Å². The van der Waals surface area contributed by atoms with Crippen LogP contribution >= 0.6 is 34.8 Å². The molecule has 0 aliphatic carbocycles. The third-order valence-corrected chi connectivity index (χ3v) is 2.90. The maximum atomic E-state index is 13.4. The lowest BCUT2D eigenvalue weighted by Gasteiger charge is -2.08. The van der Waals surface area contributed by atoms with Gasteiger partial charge in [0.15, 0.2) is 5.82 Å². The van der Waals surface area contributed by atoms with E-state index in [0.29, 0.717) is 22.7 Å². The average molecular weight is 285 g/mol. The fourth-order valence-electron chi connectivity index (χ4n) is 1.21. The summed E-state index contributed by atoms with van der Waals surface area (Å²) in [4.78, 5) is 4.59. The molecule has 88 valence electrons. The minimum atomic E-state index is -0.673. The van der Waals surface area contributed by atoms with Crippen LogP contribution in [0.1, 0.15) is 12.5 Å². The van der Waals surface area contributed by atoms with Crippen LogP contribution in [0.15, 0.2) is 11.2 Å². The van der Waals surface area contributed by atoms with E-state index < -0.39 is 5.82 Å². The van der Waals surface area contributed by atoms with Gasteiger partial charge < -0.3 is 4.84 Å². The molecule has 0 N–H and O–H groups in total. The topological polar surface area (TPSA) is 21.6 Å². The standard InChI is InChI=1S/C10H9Cl3FNO/c1-5(15-16-2)3-6-7(11)4-8(12)10(14)9(6)13/h4H,3H2,1-2H3. The summed E-state index contributed by atoms with van der Waals surface area (Å²) >= 11 is 17.3. The van der Waals surface area contributed by atoms with E-state index in [1.807, 2.05) is 0 Å². The number of nitrogens with zero attached hydrogens (tertiary/aromatic N) is 1. The van der Waals surface area contributed by atoms with Gasteiger partial charge in [-0.3, -0.25) is 0 Å². The van der Waals surface area contributed by atoms with Crippen LogP contribution in [-0.4, -0.2) is 12.8 Å². The molecule has 0 aromatic heterocycles. The smallest absolute Gasteiger partial charge is 0.160 e. The van der Waals surface area contributed by atoms with Crippen LogP contribution in [0.4, 0.5) is 4.39 Å². The minimum Gasteiger partial charge on any atom is -0.399 e. The molecule has 0 aliphatic heterocycles. The van der Waals surface area contributed by atoms with E-state index in [2.05, 4.69) is 9.99 Å². The molecule has 0 saturated heterocycles. The number of oxime groups is 1. The molecule has 16 heavy (non-hydrogen) atoms. The molecule has 0 unspecified atom stereocenters. The highest BCUT2D eigenvalue weighted by Crippen LogP contribution is 2.33. The van der Waals surface area contributed by atoms with Crippen molar-refractivity contribution in [3.63, 3.8) is 0 Å². The summed E-state index contributed by atoms with van der Waals surface area (Å²) in [6.45, 7) is 1.72. The fraction of sp³-hybridized carbons (Fsp3) is 0.300. The van der Waals surface area contributed by atoms with Gasteiger partial charge in [-0.15, -0.1) is 0 Å². The zero-order chi connectivity index (χ0) is 12.3. The summed E-state index contributed by atoms with van der Waals surface area (Å²) in [6, 6.07) is 1.32. The molecule has 1 rings (SSSR count). The van der Waals surface area contributed by atoms with E-state index in [-0.39, 0.29) is 10.0 Å². The molecule has 0 bridgehead atoms. The second-order valence-corrected chi connectivity index (χ2v) is 4.33. The Kier molecular flexibility index (Phi) is 4.84. The van der Waals surface area contributed by atoms with E-state index in [1.165, 1.54) is 13.2 Å². The first kappa shape index (κ1) is 13.6. The summed E-state index contributed by atoms with van der Waals surface area (Å²) in [5.41, 5.74) is 1.08. The Hall–Kier alpha value is -0.510. The van der Waals surface area contributed by atoms with Crippen molar-refractivity contribution in [3.8, 4) is 0 Å². The molecule has 0 aliphatic rings. The monoisotopic (exact) mass is 283 g/mol.